The Balaban J connectivity index is 1.99. The van der Waals surface area contributed by atoms with Crippen molar-refractivity contribution in [2.75, 3.05) is 17.7 Å². The van der Waals surface area contributed by atoms with Gasteiger partial charge in [0.05, 0.1) is 22.5 Å². The van der Waals surface area contributed by atoms with Crippen LogP contribution in [0.2, 0.25) is 0 Å². The van der Waals surface area contributed by atoms with E-state index in [9.17, 15) is 8.42 Å². The minimum absolute atomic E-state index is 0.0763. The number of rotatable bonds is 3. The Bertz CT molecular complexity index is 963. The Morgan fingerprint density at radius 2 is 1.91 bits per heavy atom. The highest BCUT2D eigenvalue weighted by atomic mass is 32.2. The van der Waals surface area contributed by atoms with Gasteiger partial charge < -0.3 is 11.5 Å². The SMILES string of the molecule is CS(=O)(=O)c1cccc(-c2ccc(-n3nc(N)nc3N)cn2)c1. The Morgan fingerprint density at radius 1 is 1.13 bits per heavy atom. The molecule has 8 nitrogen and oxygen atoms in total. The second-order valence-corrected chi connectivity index (χ2v) is 6.96. The van der Waals surface area contributed by atoms with Gasteiger partial charge in [0.2, 0.25) is 11.9 Å². The molecule has 0 atom stereocenters. The van der Waals surface area contributed by atoms with Gasteiger partial charge in [0.25, 0.3) is 0 Å². The van der Waals surface area contributed by atoms with Gasteiger partial charge in [0, 0.05) is 11.8 Å². The molecule has 4 N–H and O–H groups in total. The number of nitrogens with zero attached hydrogens (tertiary/aromatic N) is 4. The molecule has 0 aliphatic heterocycles. The molecule has 0 aliphatic carbocycles. The van der Waals surface area contributed by atoms with Crippen LogP contribution >= 0.6 is 0 Å². The van der Waals surface area contributed by atoms with Gasteiger partial charge >= 0.3 is 0 Å². The summed E-state index contributed by atoms with van der Waals surface area (Å²) in [6.45, 7) is 0. The number of sulfone groups is 1. The van der Waals surface area contributed by atoms with Crippen molar-refractivity contribution < 1.29 is 8.42 Å². The van der Waals surface area contributed by atoms with Gasteiger partial charge in [-0.3, -0.25) is 4.98 Å². The van der Waals surface area contributed by atoms with E-state index in [2.05, 4.69) is 15.1 Å². The fraction of sp³-hybridized carbons (Fsp3) is 0.0714. The van der Waals surface area contributed by atoms with Crippen molar-refractivity contribution in [2.24, 2.45) is 0 Å². The van der Waals surface area contributed by atoms with E-state index in [-0.39, 0.29) is 16.8 Å². The Morgan fingerprint density at radius 3 is 2.48 bits per heavy atom. The lowest BCUT2D eigenvalue weighted by molar-refractivity contribution is 0.602. The lowest BCUT2D eigenvalue weighted by atomic mass is 10.1. The first kappa shape index (κ1) is 15.0. The third-order valence-corrected chi connectivity index (χ3v) is 4.31. The highest BCUT2D eigenvalue weighted by Crippen LogP contribution is 2.22. The fourth-order valence-corrected chi connectivity index (χ4v) is 2.77. The predicted octanol–water partition coefficient (Wildman–Crippen LogP) is 0.897. The third-order valence-electron chi connectivity index (χ3n) is 3.20. The number of aromatic nitrogens is 4. The van der Waals surface area contributed by atoms with Crippen molar-refractivity contribution in [1.29, 1.82) is 0 Å². The maximum Gasteiger partial charge on any atom is 0.241 e. The van der Waals surface area contributed by atoms with Crippen molar-refractivity contribution in [2.45, 2.75) is 4.90 Å². The number of benzene rings is 1. The zero-order valence-electron chi connectivity index (χ0n) is 12.2. The quantitative estimate of drug-likeness (QED) is 0.729. The van der Waals surface area contributed by atoms with Crippen molar-refractivity contribution >= 4 is 21.7 Å². The van der Waals surface area contributed by atoms with Gasteiger partial charge in [-0.1, -0.05) is 12.1 Å². The van der Waals surface area contributed by atoms with E-state index in [0.717, 1.165) is 0 Å². The van der Waals surface area contributed by atoms with Crippen molar-refractivity contribution in [3.8, 4) is 16.9 Å². The zero-order chi connectivity index (χ0) is 16.6. The molecule has 2 aromatic heterocycles. The molecule has 1 aromatic carbocycles. The molecule has 0 spiro atoms. The number of nitrogens with two attached hydrogens (primary N) is 2. The summed E-state index contributed by atoms with van der Waals surface area (Å²) in [4.78, 5) is 8.38. The predicted molar refractivity (Wildman–Crippen MR) is 86.5 cm³/mol. The molecule has 0 radical (unpaired) electrons. The first-order valence-corrected chi connectivity index (χ1v) is 8.49. The number of anilines is 2. The third kappa shape index (κ3) is 2.99. The van der Waals surface area contributed by atoms with Gasteiger partial charge in [-0.05, 0) is 24.3 Å². The molecule has 0 saturated heterocycles. The van der Waals surface area contributed by atoms with Gasteiger partial charge in [-0.2, -0.15) is 9.67 Å². The second kappa shape index (κ2) is 5.36. The van der Waals surface area contributed by atoms with E-state index >= 15 is 0 Å². The minimum atomic E-state index is -3.27. The molecule has 23 heavy (non-hydrogen) atoms. The first-order valence-electron chi connectivity index (χ1n) is 6.59. The monoisotopic (exact) mass is 330 g/mol. The number of hydrogen-bond acceptors (Lipinski definition) is 7. The van der Waals surface area contributed by atoms with Crippen molar-refractivity contribution in [3.05, 3.63) is 42.6 Å². The van der Waals surface area contributed by atoms with Crippen LogP contribution in [0.15, 0.2) is 47.5 Å². The van der Waals surface area contributed by atoms with Crippen molar-refractivity contribution in [3.63, 3.8) is 0 Å². The lowest BCUT2D eigenvalue weighted by Crippen LogP contribution is -2.03. The van der Waals surface area contributed by atoms with Crippen LogP contribution in [-0.4, -0.2) is 34.4 Å². The molecule has 0 amide bonds. The maximum atomic E-state index is 11.6. The van der Waals surface area contributed by atoms with E-state index < -0.39 is 9.84 Å². The van der Waals surface area contributed by atoms with E-state index in [1.807, 2.05) is 0 Å². The van der Waals surface area contributed by atoms with Crippen LogP contribution < -0.4 is 11.5 Å². The molecule has 9 heteroatoms. The summed E-state index contributed by atoms with van der Waals surface area (Å²) in [5.41, 5.74) is 13.1. The average molecular weight is 330 g/mol. The summed E-state index contributed by atoms with van der Waals surface area (Å²) < 4.78 is 24.6. The average Bonchev–Trinajstić information content (AvgIpc) is 2.85. The van der Waals surface area contributed by atoms with E-state index in [1.165, 1.54) is 10.9 Å². The summed E-state index contributed by atoms with van der Waals surface area (Å²) in [5.74, 6) is 0.239. The Kier molecular flexibility index (Phi) is 3.49. The molecular weight excluding hydrogens is 316 g/mol. The lowest BCUT2D eigenvalue weighted by Gasteiger charge is -2.06. The summed E-state index contributed by atoms with van der Waals surface area (Å²) in [5, 5.41) is 3.97. The molecule has 0 unspecified atom stereocenters. The van der Waals surface area contributed by atoms with E-state index in [0.29, 0.717) is 16.9 Å². The molecule has 0 aliphatic rings. The van der Waals surface area contributed by atoms with Crippen LogP contribution in [0, 0.1) is 0 Å². The molecule has 3 aromatic rings. The standard InChI is InChI=1S/C14H14N6O2S/c1-23(21,22)11-4-2-3-9(7-11)12-6-5-10(8-17-12)20-14(16)18-13(15)19-20/h2-8H,1H3,(H4,15,16,18,19). The van der Waals surface area contributed by atoms with Crippen LogP contribution in [0.25, 0.3) is 16.9 Å². The first-order chi connectivity index (χ1) is 10.8. The summed E-state index contributed by atoms with van der Waals surface area (Å²) in [6, 6.07) is 10.1. The molecule has 118 valence electrons. The van der Waals surface area contributed by atoms with Gasteiger partial charge in [-0.25, -0.2) is 8.42 Å². The van der Waals surface area contributed by atoms with Gasteiger partial charge in [0.1, 0.15) is 0 Å². The van der Waals surface area contributed by atoms with Gasteiger partial charge in [0.15, 0.2) is 9.84 Å². The van der Waals surface area contributed by atoms with Crippen LogP contribution in [0.4, 0.5) is 11.9 Å². The van der Waals surface area contributed by atoms with Crippen LogP contribution in [0.5, 0.6) is 0 Å². The molecule has 0 bridgehead atoms. The smallest absolute Gasteiger partial charge is 0.241 e. The van der Waals surface area contributed by atoms with Gasteiger partial charge in [-0.15, -0.1) is 5.10 Å². The molecule has 0 saturated carbocycles. The van der Waals surface area contributed by atoms with E-state index in [1.54, 1.807) is 42.6 Å². The van der Waals surface area contributed by atoms with E-state index in [4.69, 9.17) is 11.5 Å². The highest BCUT2D eigenvalue weighted by Gasteiger charge is 2.10. The molecule has 3 rings (SSSR count). The normalized spacial score (nSPS) is 11.5. The number of pyridine rings is 1. The molecule has 2 heterocycles. The van der Waals surface area contributed by atoms with Crippen LogP contribution in [0.1, 0.15) is 0 Å². The number of hydrogen-bond donors (Lipinski definition) is 2. The fourth-order valence-electron chi connectivity index (χ4n) is 2.10. The van der Waals surface area contributed by atoms with Crippen LogP contribution in [-0.2, 0) is 9.84 Å². The summed E-state index contributed by atoms with van der Waals surface area (Å²) >= 11 is 0. The zero-order valence-corrected chi connectivity index (χ0v) is 13.0. The topological polar surface area (TPSA) is 130 Å². The summed E-state index contributed by atoms with van der Waals surface area (Å²) in [7, 11) is -3.27. The Hall–Kier alpha value is -2.94. The summed E-state index contributed by atoms with van der Waals surface area (Å²) in [6.07, 6.45) is 2.73. The molecular formula is C14H14N6O2S. The highest BCUT2D eigenvalue weighted by molar-refractivity contribution is 7.90. The number of nitrogen functional groups attached to an aromatic ring is 2. The molecule has 0 fully saturated rings. The maximum absolute atomic E-state index is 11.6. The minimum Gasteiger partial charge on any atom is -0.368 e. The van der Waals surface area contributed by atoms with Crippen molar-refractivity contribution in [1.82, 2.24) is 19.7 Å². The van der Waals surface area contributed by atoms with Crippen LogP contribution in [0.3, 0.4) is 0 Å². The largest absolute Gasteiger partial charge is 0.368 e. The Labute approximate surface area is 132 Å². The second-order valence-electron chi connectivity index (χ2n) is 4.94.